The summed E-state index contributed by atoms with van der Waals surface area (Å²) in [5.41, 5.74) is 1.67. The zero-order valence-corrected chi connectivity index (χ0v) is 15.2. The molecule has 3 aromatic rings. The molecule has 0 aromatic carbocycles. The molecule has 126 valence electrons. The lowest BCUT2D eigenvalue weighted by Gasteiger charge is -2.13. The summed E-state index contributed by atoms with van der Waals surface area (Å²) in [7, 11) is -3.54. The van der Waals surface area contributed by atoms with Crippen LogP contribution in [0.25, 0.3) is 5.82 Å². The van der Waals surface area contributed by atoms with Gasteiger partial charge in [-0.1, -0.05) is 6.07 Å². The van der Waals surface area contributed by atoms with Crippen LogP contribution in [0.3, 0.4) is 0 Å². The fourth-order valence-electron chi connectivity index (χ4n) is 2.47. The molecule has 0 radical (unpaired) electrons. The number of hydrogen-bond acceptors (Lipinski definition) is 5. The number of thiophene rings is 1. The molecule has 3 rings (SSSR count). The normalized spacial score (nSPS) is 13.1. The number of pyridine rings is 1. The summed E-state index contributed by atoms with van der Waals surface area (Å²) in [6, 6.07) is 8.60. The first-order chi connectivity index (χ1) is 11.4. The van der Waals surface area contributed by atoms with Crippen LogP contribution in [0.5, 0.6) is 0 Å². The van der Waals surface area contributed by atoms with Crippen LogP contribution in [-0.4, -0.2) is 23.2 Å². The molecule has 0 unspecified atom stereocenters. The summed E-state index contributed by atoms with van der Waals surface area (Å²) in [5.74, 6) is 0.699. The monoisotopic (exact) mass is 362 g/mol. The van der Waals surface area contributed by atoms with Gasteiger partial charge in [-0.3, -0.25) is 0 Å². The smallest absolute Gasteiger partial charge is 0.237 e. The van der Waals surface area contributed by atoms with E-state index < -0.39 is 16.1 Å². The van der Waals surface area contributed by atoms with Gasteiger partial charge in [-0.15, -0.1) is 11.3 Å². The maximum absolute atomic E-state index is 12.5. The number of nitrogens with zero attached hydrogens (tertiary/aromatic N) is 3. The van der Waals surface area contributed by atoms with Crippen molar-refractivity contribution in [1.29, 1.82) is 0 Å². The molecule has 3 aromatic heterocycles. The third-order valence-corrected chi connectivity index (χ3v) is 6.73. The summed E-state index contributed by atoms with van der Waals surface area (Å²) in [6.07, 6.45) is 3.37. The van der Waals surface area contributed by atoms with Gasteiger partial charge < -0.3 is 0 Å². The Hall–Kier alpha value is -2.03. The van der Waals surface area contributed by atoms with Crippen molar-refractivity contribution in [3.05, 3.63) is 58.9 Å². The summed E-state index contributed by atoms with van der Waals surface area (Å²) >= 11 is 1.26. The van der Waals surface area contributed by atoms with E-state index in [0.29, 0.717) is 10.0 Å². The maximum atomic E-state index is 12.5. The lowest BCUT2D eigenvalue weighted by molar-refractivity contribution is 0.568. The van der Waals surface area contributed by atoms with Gasteiger partial charge in [-0.2, -0.15) is 5.10 Å². The molecule has 0 aliphatic heterocycles. The van der Waals surface area contributed by atoms with Crippen LogP contribution in [0.4, 0.5) is 0 Å². The van der Waals surface area contributed by atoms with E-state index in [1.807, 2.05) is 39.0 Å². The van der Waals surface area contributed by atoms with Gasteiger partial charge in [-0.05, 0) is 45.0 Å². The van der Waals surface area contributed by atoms with Crippen molar-refractivity contribution < 1.29 is 8.42 Å². The number of aromatic nitrogens is 3. The van der Waals surface area contributed by atoms with Crippen LogP contribution in [0.1, 0.15) is 29.1 Å². The molecule has 3 heterocycles. The van der Waals surface area contributed by atoms with Gasteiger partial charge in [0, 0.05) is 28.4 Å². The highest BCUT2D eigenvalue weighted by atomic mass is 32.2. The average molecular weight is 362 g/mol. The van der Waals surface area contributed by atoms with E-state index in [4.69, 9.17) is 0 Å². The van der Waals surface area contributed by atoms with Crippen LogP contribution in [-0.2, 0) is 10.0 Å². The molecule has 0 aliphatic carbocycles. The largest absolute Gasteiger partial charge is 0.250 e. The molecule has 0 saturated heterocycles. The van der Waals surface area contributed by atoms with Crippen molar-refractivity contribution in [2.24, 2.45) is 0 Å². The molecule has 0 bridgehead atoms. The molecular weight excluding hydrogens is 344 g/mol. The standard InChI is InChI=1S/C16H18N4O2S2/c1-11-7-8-16(23-11)24(21,22)19-12(2)14-10-18-20(13(14)3)15-6-4-5-9-17-15/h4-10,12,19H,1-3H3/t12-/m0/s1. The van der Waals surface area contributed by atoms with E-state index in [1.165, 1.54) is 11.3 Å². The lowest BCUT2D eigenvalue weighted by Crippen LogP contribution is -2.26. The summed E-state index contributed by atoms with van der Waals surface area (Å²) in [6.45, 7) is 5.59. The Labute approximate surface area is 145 Å². The Morgan fingerprint density at radius 3 is 2.62 bits per heavy atom. The minimum absolute atomic E-state index is 0.321. The Kier molecular flexibility index (Phi) is 4.53. The predicted molar refractivity (Wildman–Crippen MR) is 93.9 cm³/mol. The number of hydrogen-bond donors (Lipinski definition) is 1. The highest BCUT2D eigenvalue weighted by Crippen LogP contribution is 2.24. The molecule has 0 spiro atoms. The lowest BCUT2D eigenvalue weighted by atomic mass is 10.1. The second-order valence-corrected chi connectivity index (χ2v) is 8.72. The van der Waals surface area contributed by atoms with E-state index in [-0.39, 0.29) is 0 Å². The van der Waals surface area contributed by atoms with Crippen LogP contribution in [0.2, 0.25) is 0 Å². The van der Waals surface area contributed by atoms with E-state index >= 15 is 0 Å². The van der Waals surface area contributed by atoms with Crippen LogP contribution < -0.4 is 4.72 Å². The molecule has 0 fully saturated rings. The third-order valence-electron chi connectivity index (χ3n) is 3.69. The molecule has 1 N–H and O–H groups in total. The average Bonchev–Trinajstić information content (AvgIpc) is 3.14. The first-order valence-corrected chi connectivity index (χ1v) is 9.73. The second-order valence-electron chi connectivity index (χ2n) is 5.49. The molecule has 0 amide bonds. The van der Waals surface area contributed by atoms with Gasteiger partial charge in [0.15, 0.2) is 5.82 Å². The fourth-order valence-corrected chi connectivity index (χ4v) is 4.99. The minimum Gasteiger partial charge on any atom is -0.237 e. The van der Waals surface area contributed by atoms with Gasteiger partial charge in [0.1, 0.15) is 4.21 Å². The third kappa shape index (κ3) is 3.26. The zero-order chi connectivity index (χ0) is 17.3. The van der Waals surface area contributed by atoms with Crippen molar-refractivity contribution in [3.63, 3.8) is 0 Å². The molecule has 0 saturated carbocycles. The van der Waals surface area contributed by atoms with Crippen molar-refractivity contribution in [2.75, 3.05) is 0 Å². The Morgan fingerprint density at radius 1 is 1.21 bits per heavy atom. The molecule has 24 heavy (non-hydrogen) atoms. The van der Waals surface area contributed by atoms with E-state index in [1.54, 1.807) is 29.2 Å². The molecule has 1 atom stereocenters. The SMILES string of the molecule is Cc1ccc(S(=O)(=O)N[C@@H](C)c2cnn(-c3ccccn3)c2C)s1. The molecular formula is C16H18N4O2S2. The van der Waals surface area contributed by atoms with Crippen molar-refractivity contribution >= 4 is 21.4 Å². The topological polar surface area (TPSA) is 76.9 Å². The summed E-state index contributed by atoms with van der Waals surface area (Å²) < 4.78 is 29.7. The number of rotatable bonds is 5. The Balaban J connectivity index is 1.86. The van der Waals surface area contributed by atoms with Gasteiger partial charge >= 0.3 is 0 Å². The quantitative estimate of drug-likeness (QED) is 0.757. The van der Waals surface area contributed by atoms with Crippen molar-refractivity contribution in [2.45, 2.75) is 31.0 Å². The van der Waals surface area contributed by atoms with Crippen molar-refractivity contribution in [3.8, 4) is 5.82 Å². The summed E-state index contributed by atoms with van der Waals surface area (Å²) in [5, 5.41) is 4.34. The Morgan fingerprint density at radius 2 is 2.00 bits per heavy atom. The van der Waals surface area contributed by atoms with Crippen LogP contribution >= 0.6 is 11.3 Å². The molecule has 0 aliphatic rings. The predicted octanol–water partition coefficient (Wildman–Crippen LogP) is 2.99. The van der Waals surface area contributed by atoms with Gasteiger partial charge in [0.05, 0.1) is 6.20 Å². The van der Waals surface area contributed by atoms with Gasteiger partial charge in [-0.25, -0.2) is 22.8 Å². The molecule has 8 heteroatoms. The highest BCUT2D eigenvalue weighted by Gasteiger charge is 2.22. The summed E-state index contributed by atoms with van der Waals surface area (Å²) in [4.78, 5) is 5.23. The number of aryl methyl sites for hydroxylation is 1. The van der Waals surface area contributed by atoms with E-state index in [2.05, 4.69) is 14.8 Å². The van der Waals surface area contributed by atoms with E-state index in [9.17, 15) is 8.42 Å². The first-order valence-electron chi connectivity index (χ1n) is 7.43. The second kappa shape index (κ2) is 6.46. The molecule has 6 nitrogen and oxygen atoms in total. The van der Waals surface area contributed by atoms with Crippen molar-refractivity contribution in [1.82, 2.24) is 19.5 Å². The van der Waals surface area contributed by atoms with E-state index in [0.717, 1.165) is 16.1 Å². The highest BCUT2D eigenvalue weighted by molar-refractivity contribution is 7.91. The number of sulfonamides is 1. The van der Waals surface area contributed by atoms with Gasteiger partial charge in [0.25, 0.3) is 10.0 Å². The van der Waals surface area contributed by atoms with Crippen LogP contribution in [0, 0.1) is 13.8 Å². The first kappa shape index (κ1) is 16.8. The fraction of sp³-hybridized carbons (Fsp3) is 0.250. The van der Waals surface area contributed by atoms with Crippen LogP contribution in [0.15, 0.2) is 46.9 Å². The minimum atomic E-state index is -3.54. The maximum Gasteiger partial charge on any atom is 0.250 e. The Bertz CT molecular complexity index is 946. The van der Waals surface area contributed by atoms with Gasteiger partial charge in [0.2, 0.25) is 0 Å². The number of nitrogens with one attached hydrogen (secondary N) is 1. The zero-order valence-electron chi connectivity index (χ0n) is 13.6.